The van der Waals surface area contributed by atoms with Gasteiger partial charge in [0.1, 0.15) is 22.3 Å². The molecule has 1 amide bonds. The van der Waals surface area contributed by atoms with Crippen LogP contribution in [0.25, 0.3) is 0 Å². The minimum absolute atomic E-state index is 0.0235. The van der Waals surface area contributed by atoms with Crippen molar-refractivity contribution in [1.82, 2.24) is 4.72 Å². The third kappa shape index (κ3) is 4.53. The van der Waals surface area contributed by atoms with Crippen LogP contribution in [0.5, 0.6) is 0 Å². The van der Waals surface area contributed by atoms with E-state index in [9.17, 15) is 13.2 Å². The highest BCUT2D eigenvalue weighted by molar-refractivity contribution is 7.89. The van der Waals surface area contributed by atoms with Crippen LogP contribution in [-0.2, 0) is 39.0 Å². The Morgan fingerprint density at radius 2 is 1.67 bits per heavy atom. The van der Waals surface area contributed by atoms with Gasteiger partial charge in [0.25, 0.3) is 0 Å². The lowest BCUT2D eigenvalue weighted by atomic mass is 10.0. The first-order valence-corrected chi connectivity index (χ1v) is 12.1. The number of nitrogens with zero attached hydrogens (tertiary/aromatic N) is 2. The SMILES string of the molecule is CCc1cccc(CC)c1NC(=O)[C@@H](NS(=O)(=O)c1cccc2c1N=S=N2)C(C)C. The van der Waals surface area contributed by atoms with Crippen molar-refractivity contribution < 1.29 is 13.2 Å². The summed E-state index contributed by atoms with van der Waals surface area (Å²) in [5.74, 6) is -0.640. The summed E-state index contributed by atoms with van der Waals surface area (Å²) in [6.07, 6.45) is 1.53. The van der Waals surface area contributed by atoms with Crippen molar-refractivity contribution in [3.05, 3.63) is 47.5 Å². The molecular formula is C21H26N4O3S2. The van der Waals surface area contributed by atoms with Gasteiger partial charge in [0.2, 0.25) is 15.9 Å². The molecule has 1 aliphatic heterocycles. The van der Waals surface area contributed by atoms with E-state index in [1.807, 2.05) is 45.9 Å². The molecule has 160 valence electrons. The van der Waals surface area contributed by atoms with E-state index in [0.717, 1.165) is 41.0 Å². The number of aryl methyl sites for hydroxylation is 2. The molecule has 0 aliphatic carbocycles. The molecule has 0 bridgehead atoms. The molecule has 9 heteroatoms. The molecule has 0 saturated heterocycles. The first-order valence-electron chi connectivity index (χ1n) is 9.93. The third-order valence-corrected chi connectivity index (χ3v) is 7.03. The lowest BCUT2D eigenvalue weighted by molar-refractivity contribution is -0.118. The molecule has 2 aromatic carbocycles. The second kappa shape index (κ2) is 9.20. The largest absolute Gasteiger partial charge is 0.324 e. The highest BCUT2D eigenvalue weighted by Crippen LogP contribution is 2.37. The Labute approximate surface area is 181 Å². The summed E-state index contributed by atoms with van der Waals surface area (Å²) in [4.78, 5) is 13.2. The molecule has 0 spiro atoms. The highest BCUT2D eigenvalue weighted by Gasteiger charge is 2.31. The van der Waals surface area contributed by atoms with Crippen LogP contribution in [0.4, 0.5) is 17.1 Å². The standard InChI is InChI=1S/C21H26N4O3S2/c1-5-14-9-7-10-15(6-2)19(14)22-21(26)18(13(3)4)25-30(27,28)17-12-8-11-16-20(17)24-29-23-16/h7-13,18,25H,5-6H2,1-4H3,(H,22,26)/t18-/m0/s1. The summed E-state index contributed by atoms with van der Waals surface area (Å²) in [5.41, 5.74) is 3.63. The van der Waals surface area contributed by atoms with Crippen molar-refractivity contribution in [1.29, 1.82) is 0 Å². The van der Waals surface area contributed by atoms with E-state index in [2.05, 4.69) is 18.8 Å². The lowest BCUT2D eigenvalue weighted by Gasteiger charge is -2.23. The van der Waals surface area contributed by atoms with Crippen molar-refractivity contribution in [3.63, 3.8) is 0 Å². The maximum Gasteiger partial charge on any atom is 0.243 e. The number of rotatable bonds is 8. The number of anilines is 1. The zero-order valence-corrected chi connectivity index (χ0v) is 19.1. The number of hydrogen-bond acceptors (Lipinski definition) is 5. The van der Waals surface area contributed by atoms with Crippen LogP contribution in [0.3, 0.4) is 0 Å². The molecule has 0 saturated carbocycles. The number of fused-ring (bicyclic) bond motifs is 1. The van der Waals surface area contributed by atoms with Gasteiger partial charge in [-0.3, -0.25) is 4.79 Å². The molecule has 3 rings (SSSR count). The van der Waals surface area contributed by atoms with Gasteiger partial charge in [0, 0.05) is 5.69 Å². The predicted octanol–water partition coefficient (Wildman–Crippen LogP) is 4.48. The van der Waals surface area contributed by atoms with Crippen molar-refractivity contribution in [2.24, 2.45) is 14.6 Å². The van der Waals surface area contributed by atoms with E-state index < -0.39 is 16.1 Å². The fourth-order valence-electron chi connectivity index (χ4n) is 3.33. The Morgan fingerprint density at radius 3 is 2.27 bits per heavy atom. The monoisotopic (exact) mass is 446 g/mol. The smallest absolute Gasteiger partial charge is 0.243 e. The minimum Gasteiger partial charge on any atom is -0.324 e. The van der Waals surface area contributed by atoms with Crippen molar-refractivity contribution in [2.45, 2.75) is 51.5 Å². The van der Waals surface area contributed by atoms with Crippen LogP contribution in [0.15, 0.2) is 50.0 Å². The van der Waals surface area contributed by atoms with Gasteiger partial charge in [-0.25, -0.2) is 8.42 Å². The summed E-state index contributed by atoms with van der Waals surface area (Å²) in [6, 6.07) is 9.78. The summed E-state index contributed by atoms with van der Waals surface area (Å²) >= 11 is 0.953. The lowest BCUT2D eigenvalue weighted by Crippen LogP contribution is -2.47. The average Bonchev–Trinajstić information content (AvgIpc) is 3.20. The predicted molar refractivity (Wildman–Crippen MR) is 121 cm³/mol. The molecule has 0 unspecified atom stereocenters. The van der Waals surface area contributed by atoms with Crippen LogP contribution in [0.2, 0.25) is 0 Å². The topological polar surface area (TPSA) is 100.0 Å². The van der Waals surface area contributed by atoms with Crippen LogP contribution < -0.4 is 10.0 Å². The molecule has 1 aliphatic rings. The Bertz CT molecular complexity index is 1110. The van der Waals surface area contributed by atoms with E-state index in [4.69, 9.17) is 0 Å². The van der Waals surface area contributed by atoms with Gasteiger partial charge in [-0.2, -0.15) is 13.4 Å². The van der Waals surface area contributed by atoms with Crippen molar-refractivity contribution in [2.75, 3.05) is 5.32 Å². The molecule has 0 radical (unpaired) electrons. The zero-order chi connectivity index (χ0) is 21.9. The van der Waals surface area contributed by atoms with E-state index in [1.54, 1.807) is 12.1 Å². The second-order valence-electron chi connectivity index (χ2n) is 7.38. The van der Waals surface area contributed by atoms with Crippen LogP contribution in [0, 0.1) is 5.92 Å². The van der Waals surface area contributed by atoms with Gasteiger partial charge < -0.3 is 5.32 Å². The molecule has 2 aromatic rings. The van der Waals surface area contributed by atoms with Crippen LogP contribution in [0.1, 0.15) is 38.8 Å². The molecule has 7 nitrogen and oxygen atoms in total. The van der Waals surface area contributed by atoms with Crippen LogP contribution in [-0.4, -0.2) is 20.4 Å². The van der Waals surface area contributed by atoms with E-state index >= 15 is 0 Å². The number of amides is 1. The van der Waals surface area contributed by atoms with E-state index in [0.29, 0.717) is 11.4 Å². The fourth-order valence-corrected chi connectivity index (χ4v) is 5.44. The summed E-state index contributed by atoms with van der Waals surface area (Å²) in [7, 11) is -3.98. The number of carbonyl (C=O) groups is 1. The minimum atomic E-state index is -3.98. The third-order valence-electron chi connectivity index (χ3n) is 5.02. The number of hydrogen-bond donors (Lipinski definition) is 2. The molecule has 1 atom stereocenters. The molecule has 0 aromatic heterocycles. The molecule has 0 fully saturated rings. The van der Waals surface area contributed by atoms with Crippen LogP contribution >= 0.6 is 0 Å². The van der Waals surface area contributed by atoms with E-state index in [1.165, 1.54) is 6.07 Å². The molecule has 2 N–H and O–H groups in total. The Hall–Kier alpha value is -2.36. The van der Waals surface area contributed by atoms with Gasteiger partial charge in [0.15, 0.2) is 0 Å². The molecule has 30 heavy (non-hydrogen) atoms. The summed E-state index contributed by atoms with van der Waals surface area (Å²) in [6.45, 7) is 7.67. The van der Waals surface area contributed by atoms with E-state index in [-0.39, 0.29) is 16.7 Å². The Kier molecular flexibility index (Phi) is 6.84. The quantitative estimate of drug-likeness (QED) is 0.533. The Balaban J connectivity index is 1.90. The molecule has 1 heterocycles. The van der Waals surface area contributed by atoms with Gasteiger partial charge >= 0.3 is 0 Å². The van der Waals surface area contributed by atoms with Gasteiger partial charge in [-0.05, 0) is 42.0 Å². The van der Waals surface area contributed by atoms with Gasteiger partial charge in [-0.15, -0.1) is 0 Å². The van der Waals surface area contributed by atoms with Crippen molar-refractivity contribution in [3.8, 4) is 0 Å². The fraction of sp³-hybridized carbons (Fsp3) is 0.381. The number of sulfonamides is 1. The van der Waals surface area contributed by atoms with Gasteiger partial charge in [-0.1, -0.05) is 52.0 Å². The van der Waals surface area contributed by atoms with Crippen molar-refractivity contribution >= 4 is 44.3 Å². The Morgan fingerprint density at radius 1 is 1.03 bits per heavy atom. The number of carbonyl (C=O) groups excluding carboxylic acids is 1. The average molecular weight is 447 g/mol. The number of para-hydroxylation sites is 1. The summed E-state index contributed by atoms with van der Waals surface area (Å²) in [5, 5.41) is 2.98. The number of nitrogens with one attached hydrogen (secondary N) is 2. The highest BCUT2D eigenvalue weighted by atomic mass is 32.2. The molecular weight excluding hydrogens is 420 g/mol. The summed E-state index contributed by atoms with van der Waals surface area (Å²) < 4.78 is 37.0. The maximum absolute atomic E-state index is 13.1. The maximum atomic E-state index is 13.1. The zero-order valence-electron chi connectivity index (χ0n) is 17.5. The first-order chi connectivity index (χ1) is 14.3. The van der Waals surface area contributed by atoms with Gasteiger partial charge in [0.05, 0.1) is 11.4 Å². The number of benzene rings is 2. The first kappa shape index (κ1) is 22.3. The normalized spacial score (nSPS) is 13.8. The second-order valence-corrected chi connectivity index (χ2v) is 9.59.